The molecule has 9 heteroatoms. The van der Waals surface area contributed by atoms with Crippen molar-refractivity contribution < 1.29 is 27.9 Å². The summed E-state index contributed by atoms with van der Waals surface area (Å²) in [7, 11) is 0. The molecule has 0 saturated carbocycles. The number of halogens is 3. The number of amides is 2. The lowest BCUT2D eigenvalue weighted by Gasteiger charge is -2.43. The van der Waals surface area contributed by atoms with Gasteiger partial charge in [0.1, 0.15) is 0 Å². The fraction of sp³-hybridized carbons (Fsp3) is 0.619. The van der Waals surface area contributed by atoms with E-state index in [2.05, 4.69) is 4.90 Å². The van der Waals surface area contributed by atoms with Crippen molar-refractivity contribution in [1.29, 1.82) is 0 Å². The quantitative estimate of drug-likeness (QED) is 0.778. The second-order valence-electron chi connectivity index (χ2n) is 8.05. The molecule has 2 amide bonds. The van der Waals surface area contributed by atoms with Crippen molar-refractivity contribution in [2.45, 2.75) is 44.4 Å². The van der Waals surface area contributed by atoms with Crippen molar-refractivity contribution in [1.82, 2.24) is 14.7 Å². The third-order valence-electron chi connectivity index (χ3n) is 6.04. The highest BCUT2D eigenvalue weighted by Crippen LogP contribution is 2.29. The average Bonchev–Trinajstić information content (AvgIpc) is 3.14. The molecule has 0 aromatic heterocycles. The summed E-state index contributed by atoms with van der Waals surface area (Å²) in [6.45, 7) is 4.21. The summed E-state index contributed by atoms with van der Waals surface area (Å²) in [6.07, 6.45) is -2.51. The zero-order valence-electron chi connectivity index (χ0n) is 17.1. The number of hydrogen-bond acceptors (Lipinski definition) is 4. The van der Waals surface area contributed by atoms with E-state index in [4.69, 9.17) is 0 Å². The fourth-order valence-electron chi connectivity index (χ4n) is 4.33. The molecule has 0 spiro atoms. The van der Waals surface area contributed by atoms with Crippen LogP contribution in [0, 0.1) is 0 Å². The Kier molecular flexibility index (Phi) is 7.02. The summed E-state index contributed by atoms with van der Waals surface area (Å²) in [5, 5.41) is 9.59. The Bertz CT molecular complexity index is 754. The van der Waals surface area contributed by atoms with Crippen LogP contribution in [0.1, 0.15) is 30.9 Å². The molecule has 2 atom stereocenters. The molecule has 166 valence electrons. The molecule has 2 heterocycles. The number of nitrogens with zero attached hydrogens (tertiary/aromatic N) is 3. The van der Waals surface area contributed by atoms with Crippen LogP contribution in [0.2, 0.25) is 0 Å². The highest BCUT2D eigenvalue weighted by molar-refractivity contribution is 5.80. The Balaban J connectivity index is 1.70. The maximum Gasteiger partial charge on any atom is 0.416 e. The molecule has 0 radical (unpaired) electrons. The van der Waals surface area contributed by atoms with E-state index in [1.165, 1.54) is 19.1 Å². The number of aliphatic hydroxyl groups excluding tert-OH is 1. The largest absolute Gasteiger partial charge is 0.416 e. The van der Waals surface area contributed by atoms with Gasteiger partial charge in [-0.2, -0.15) is 13.2 Å². The first-order valence-corrected chi connectivity index (χ1v) is 10.2. The van der Waals surface area contributed by atoms with Gasteiger partial charge >= 0.3 is 6.18 Å². The summed E-state index contributed by atoms with van der Waals surface area (Å²) >= 11 is 0. The van der Waals surface area contributed by atoms with E-state index in [-0.39, 0.29) is 36.9 Å². The number of likely N-dealkylation sites (tertiary alicyclic amines) is 1. The number of piperazine rings is 1. The Morgan fingerprint density at radius 3 is 2.40 bits per heavy atom. The number of carbonyl (C=O) groups excluding carboxylic acids is 2. The van der Waals surface area contributed by atoms with Gasteiger partial charge in [-0.25, -0.2) is 0 Å². The van der Waals surface area contributed by atoms with Crippen LogP contribution in [0.3, 0.4) is 0 Å². The first kappa shape index (κ1) is 22.6. The van der Waals surface area contributed by atoms with Crippen molar-refractivity contribution in [3.8, 4) is 0 Å². The standard InChI is InChI=1S/C21H28F3N3O3/c1-15(29)25-9-10-27(19(12-25)13-26-8-2-3-18(26)14-28)20(30)11-16-4-6-17(7-5-16)21(22,23)24/h4-7,18-19,28H,2-3,8-14H2,1H3. The predicted molar refractivity (Wildman–Crippen MR) is 105 cm³/mol. The molecule has 30 heavy (non-hydrogen) atoms. The van der Waals surface area contributed by atoms with Crippen LogP contribution in [0.4, 0.5) is 13.2 Å². The lowest BCUT2D eigenvalue weighted by atomic mass is 10.1. The molecule has 0 bridgehead atoms. The predicted octanol–water partition coefficient (Wildman–Crippen LogP) is 1.76. The lowest BCUT2D eigenvalue weighted by molar-refractivity contribution is -0.142. The van der Waals surface area contributed by atoms with Gasteiger partial charge < -0.3 is 14.9 Å². The Morgan fingerprint density at radius 2 is 1.80 bits per heavy atom. The van der Waals surface area contributed by atoms with Crippen molar-refractivity contribution in [2.24, 2.45) is 0 Å². The smallest absolute Gasteiger partial charge is 0.395 e. The normalized spacial score (nSPS) is 23.1. The van der Waals surface area contributed by atoms with Gasteiger partial charge in [-0.05, 0) is 37.1 Å². The molecule has 1 N–H and O–H groups in total. The van der Waals surface area contributed by atoms with Gasteiger partial charge in [-0.1, -0.05) is 12.1 Å². The van der Waals surface area contributed by atoms with Crippen molar-refractivity contribution >= 4 is 11.8 Å². The van der Waals surface area contributed by atoms with Crippen molar-refractivity contribution in [2.75, 3.05) is 39.3 Å². The Labute approximate surface area is 174 Å². The maximum absolute atomic E-state index is 13.0. The average molecular weight is 427 g/mol. The Morgan fingerprint density at radius 1 is 1.10 bits per heavy atom. The van der Waals surface area contributed by atoms with E-state index >= 15 is 0 Å². The van der Waals surface area contributed by atoms with E-state index in [1.54, 1.807) is 9.80 Å². The summed E-state index contributed by atoms with van der Waals surface area (Å²) in [6, 6.07) is 4.50. The number of aliphatic hydroxyl groups is 1. The van der Waals surface area contributed by atoms with Crippen LogP contribution in [-0.2, 0) is 22.2 Å². The highest BCUT2D eigenvalue weighted by Gasteiger charge is 2.35. The third-order valence-corrected chi connectivity index (χ3v) is 6.04. The van der Waals surface area contributed by atoms with E-state index in [0.717, 1.165) is 31.5 Å². The monoisotopic (exact) mass is 427 g/mol. The maximum atomic E-state index is 13.0. The molecule has 1 aromatic carbocycles. The van der Waals surface area contributed by atoms with Crippen LogP contribution in [-0.4, -0.2) is 83.0 Å². The van der Waals surface area contributed by atoms with Gasteiger partial charge in [-0.15, -0.1) is 0 Å². The summed E-state index contributed by atoms with van der Waals surface area (Å²) in [5.74, 6) is -0.210. The summed E-state index contributed by atoms with van der Waals surface area (Å²) in [4.78, 5) is 30.5. The third kappa shape index (κ3) is 5.31. The second kappa shape index (κ2) is 9.34. The molecular formula is C21H28F3N3O3. The zero-order valence-corrected chi connectivity index (χ0v) is 17.1. The molecule has 2 saturated heterocycles. The van der Waals surface area contributed by atoms with Gasteiger partial charge in [0.05, 0.1) is 24.6 Å². The molecule has 2 aliphatic heterocycles. The first-order valence-electron chi connectivity index (χ1n) is 10.2. The minimum absolute atomic E-state index is 0.0120. The minimum atomic E-state index is -4.41. The molecule has 3 rings (SSSR count). The molecular weight excluding hydrogens is 399 g/mol. The molecule has 6 nitrogen and oxygen atoms in total. The van der Waals surface area contributed by atoms with E-state index in [9.17, 15) is 27.9 Å². The molecule has 2 aliphatic rings. The number of carbonyl (C=O) groups is 2. The number of rotatable bonds is 5. The topological polar surface area (TPSA) is 64.1 Å². The van der Waals surface area contributed by atoms with Crippen molar-refractivity contribution in [3.05, 3.63) is 35.4 Å². The molecule has 2 fully saturated rings. The van der Waals surface area contributed by atoms with Gasteiger partial charge in [0.2, 0.25) is 11.8 Å². The van der Waals surface area contributed by atoms with E-state index in [0.29, 0.717) is 31.7 Å². The molecule has 0 aliphatic carbocycles. The fourth-order valence-corrected chi connectivity index (χ4v) is 4.33. The van der Waals surface area contributed by atoms with Gasteiger partial charge in [-0.3, -0.25) is 14.5 Å². The molecule has 2 unspecified atom stereocenters. The van der Waals surface area contributed by atoms with Crippen LogP contribution in [0.25, 0.3) is 0 Å². The van der Waals surface area contributed by atoms with Crippen LogP contribution in [0.15, 0.2) is 24.3 Å². The summed E-state index contributed by atoms with van der Waals surface area (Å²) in [5.41, 5.74) is -0.217. The van der Waals surface area contributed by atoms with E-state index < -0.39 is 11.7 Å². The SMILES string of the molecule is CC(=O)N1CCN(C(=O)Cc2ccc(C(F)(F)F)cc2)C(CN2CCCC2CO)C1. The Hall–Kier alpha value is -2.13. The molecule has 1 aromatic rings. The van der Waals surface area contributed by atoms with Crippen LogP contribution < -0.4 is 0 Å². The first-order chi connectivity index (χ1) is 14.2. The highest BCUT2D eigenvalue weighted by atomic mass is 19.4. The van der Waals surface area contributed by atoms with Crippen molar-refractivity contribution in [3.63, 3.8) is 0 Å². The second-order valence-corrected chi connectivity index (χ2v) is 8.05. The number of alkyl halides is 3. The van der Waals surface area contributed by atoms with Gasteiger partial charge in [0.25, 0.3) is 0 Å². The minimum Gasteiger partial charge on any atom is -0.395 e. The van der Waals surface area contributed by atoms with Crippen LogP contribution in [0.5, 0.6) is 0 Å². The zero-order chi connectivity index (χ0) is 21.9. The number of hydrogen-bond donors (Lipinski definition) is 1. The van der Waals surface area contributed by atoms with E-state index in [1.807, 2.05) is 0 Å². The van der Waals surface area contributed by atoms with Crippen LogP contribution >= 0.6 is 0 Å². The lowest BCUT2D eigenvalue weighted by Crippen LogP contribution is -2.60. The summed E-state index contributed by atoms with van der Waals surface area (Å²) < 4.78 is 38.3. The number of benzene rings is 1. The van der Waals surface area contributed by atoms with Gasteiger partial charge in [0.15, 0.2) is 0 Å². The van der Waals surface area contributed by atoms with Gasteiger partial charge in [0, 0.05) is 39.1 Å².